The Labute approximate surface area is 180 Å². The molecule has 0 saturated carbocycles. The van der Waals surface area contributed by atoms with Crippen LogP contribution in [0.1, 0.15) is 40.0 Å². The first kappa shape index (κ1) is 20.5. The number of ketones is 1. The molecular formula is C25H24N4O2. The van der Waals surface area contributed by atoms with Gasteiger partial charge >= 0.3 is 0 Å². The number of aryl methyl sites for hydroxylation is 3. The van der Waals surface area contributed by atoms with Gasteiger partial charge in [0.25, 0.3) is 0 Å². The maximum atomic E-state index is 12.4. The second-order valence-electron chi connectivity index (χ2n) is 7.70. The van der Waals surface area contributed by atoms with Crippen molar-refractivity contribution in [1.82, 2.24) is 14.8 Å². The van der Waals surface area contributed by atoms with E-state index >= 15 is 0 Å². The van der Waals surface area contributed by atoms with E-state index in [1.807, 2.05) is 75.4 Å². The van der Waals surface area contributed by atoms with Crippen molar-refractivity contribution in [1.29, 1.82) is 0 Å². The van der Waals surface area contributed by atoms with Crippen molar-refractivity contribution in [2.45, 2.75) is 33.6 Å². The molecule has 2 heterocycles. The summed E-state index contributed by atoms with van der Waals surface area (Å²) in [6.45, 7) is 5.90. The van der Waals surface area contributed by atoms with Crippen molar-refractivity contribution in [3.63, 3.8) is 0 Å². The number of para-hydroxylation sites is 1. The van der Waals surface area contributed by atoms with Gasteiger partial charge in [-0.3, -0.25) is 9.59 Å². The first-order chi connectivity index (χ1) is 14.9. The van der Waals surface area contributed by atoms with Crippen LogP contribution in [-0.2, 0) is 4.79 Å². The van der Waals surface area contributed by atoms with Gasteiger partial charge < -0.3 is 5.32 Å². The number of Topliss-reactive ketones (excluding diaryl/α,β-unsaturated/α-hetero) is 1. The Hall–Kier alpha value is -3.80. The maximum absolute atomic E-state index is 12.4. The summed E-state index contributed by atoms with van der Waals surface area (Å²) in [5.74, 6) is -0.252. The third kappa shape index (κ3) is 4.38. The topological polar surface area (TPSA) is 76.9 Å². The van der Waals surface area contributed by atoms with Gasteiger partial charge in [0.2, 0.25) is 5.91 Å². The molecule has 0 fully saturated rings. The van der Waals surface area contributed by atoms with Gasteiger partial charge in [0, 0.05) is 23.8 Å². The normalized spacial score (nSPS) is 10.9. The van der Waals surface area contributed by atoms with Crippen molar-refractivity contribution in [2.75, 3.05) is 5.32 Å². The molecule has 0 unspecified atom stereocenters. The summed E-state index contributed by atoms with van der Waals surface area (Å²) in [5, 5.41) is 8.30. The minimum atomic E-state index is -0.216. The number of benzene rings is 2. The molecule has 0 aliphatic rings. The number of nitrogens with zero attached hydrogens (tertiary/aromatic N) is 3. The molecule has 0 atom stereocenters. The highest BCUT2D eigenvalue weighted by molar-refractivity contribution is 6.00. The van der Waals surface area contributed by atoms with Gasteiger partial charge in [-0.2, -0.15) is 5.10 Å². The Morgan fingerprint density at radius 2 is 1.71 bits per heavy atom. The second kappa shape index (κ2) is 8.52. The second-order valence-corrected chi connectivity index (χ2v) is 7.70. The van der Waals surface area contributed by atoms with E-state index in [1.54, 1.807) is 10.9 Å². The first-order valence-electron chi connectivity index (χ1n) is 10.2. The summed E-state index contributed by atoms with van der Waals surface area (Å²) >= 11 is 0. The molecule has 6 nitrogen and oxygen atoms in total. The third-order valence-corrected chi connectivity index (χ3v) is 5.40. The Morgan fingerprint density at radius 1 is 0.935 bits per heavy atom. The molecule has 1 amide bonds. The van der Waals surface area contributed by atoms with Crippen molar-refractivity contribution in [3.8, 4) is 5.69 Å². The monoisotopic (exact) mass is 412 g/mol. The zero-order valence-electron chi connectivity index (χ0n) is 17.8. The van der Waals surface area contributed by atoms with Crippen LogP contribution in [0.4, 0.5) is 5.69 Å². The van der Waals surface area contributed by atoms with Gasteiger partial charge in [0.05, 0.1) is 23.3 Å². The van der Waals surface area contributed by atoms with Crippen LogP contribution in [0.2, 0.25) is 0 Å². The predicted octanol–water partition coefficient (Wildman–Crippen LogP) is 4.95. The SMILES string of the molecule is Cc1ccc(C(=O)CCC(=O)Nc2cnc3c(c2)c(C)nn3-c2ccccc2)cc1C. The minimum absolute atomic E-state index is 0.0354. The standard InChI is InChI=1S/C25H24N4O2/c1-16-9-10-19(13-17(16)2)23(30)11-12-24(31)27-20-14-22-18(3)28-29(25(22)26-15-20)21-7-5-4-6-8-21/h4-10,13-15H,11-12H2,1-3H3,(H,27,31). The number of pyridine rings is 1. The summed E-state index contributed by atoms with van der Waals surface area (Å²) in [6, 6.07) is 17.3. The Morgan fingerprint density at radius 3 is 2.45 bits per heavy atom. The molecule has 0 aliphatic heterocycles. The number of carbonyl (C=O) groups is 2. The number of amides is 1. The van der Waals surface area contributed by atoms with E-state index in [2.05, 4.69) is 15.4 Å². The third-order valence-electron chi connectivity index (χ3n) is 5.40. The molecular weight excluding hydrogens is 388 g/mol. The predicted molar refractivity (Wildman–Crippen MR) is 122 cm³/mol. The molecule has 0 aliphatic carbocycles. The van der Waals surface area contributed by atoms with Crippen LogP contribution >= 0.6 is 0 Å². The molecule has 0 radical (unpaired) electrons. The summed E-state index contributed by atoms with van der Waals surface area (Å²) < 4.78 is 1.79. The summed E-state index contributed by atoms with van der Waals surface area (Å²) in [7, 11) is 0. The molecule has 2 aromatic carbocycles. The van der Waals surface area contributed by atoms with Gasteiger partial charge in [0.15, 0.2) is 11.4 Å². The van der Waals surface area contributed by atoms with E-state index < -0.39 is 0 Å². The smallest absolute Gasteiger partial charge is 0.224 e. The number of hydrogen-bond donors (Lipinski definition) is 1. The van der Waals surface area contributed by atoms with Crippen LogP contribution in [-0.4, -0.2) is 26.5 Å². The Bertz CT molecular complexity index is 1280. The van der Waals surface area contributed by atoms with E-state index in [0.717, 1.165) is 33.5 Å². The van der Waals surface area contributed by atoms with E-state index in [9.17, 15) is 9.59 Å². The van der Waals surface area contributed by atoms with E-state index in [0.29, 0.717) is 11.3 Å². The summed E-state index contributed by atoms with van der Waals surface area (Å²) in [4.78, 5) is 29.3. The molecule has 0 spiro atoms. The van der Waals surface area contributed by atoms with E-state index in [-0.39, 0.29) is 24.5 Å². The van der Waals surface area contributed by atoms with Crippen molar-refractivity contribution >= 4 is 28.4 Å². The van der Waals surface area contributed by atoms with Gasteiger partial charge in [-0.15, -0.1) is 0 Å². The zero-order valence-corrected chi connectivity index (χ0v) is 17.8. The molecule has 0 saturated heterocycles. The molecule has 2 aromatic heterocycles. The Kier molecular flexibility index (Phi) is 5.62. The average molecular weight is 412 g/mol. The number of hydrogen-bond acceptors (Lipinski definition) is 4. The van der Waals surface area contributed by atoms with E-state index in [1.165, 1.54) is 0 Å². The molecule has 4 aromatic rings. The Balaban J connectivity index is 1.45. The van der Waals surface area contributed by atoms with Crippen LogP contribution in [0.15, 0.2) is 60.8 Å². The van der Waals surface area contributed by atoms with Crippen LogP contribution in [0.5, 0.6) is 0 Å². The lowest BCUT2D eigenvalue weighted by Gasteiger charge is -2.07. The van der Waals surface area contributed by atoms with Gasteiger partial charge in [0.1, 0.15) is 0 Å². The highest BCUT2D eigenvalue weighted by Gasteiger charge is 2.14. The fourth-order valence-corrected chi connectivity index (χ4v) is 3.47. The minimum Gasteiger partial charge on any atom is -0.325 e. The largest absolute Gasteiger partial charge is 0.325 e. The number of rotatable bonds is 6. The van der Waals surface area contributed by atoms with Gasteiger partial charge in [-0.25, -0.2) is 9.67 Å². The lowest BCUT2D eigenvalue weighted by molar-refractivity contribution is -0.116. The van der Waals surface area contributed by atoms with E-state index in [4.69, 9.17) is 0 Å². The number of nitrogens with one attached hydrogen (secondary N) is 1. The van der Waals surface area contributed by atoms with Crippen molar-refractivity contribution in [2.24, 2.45) is 0 Å². The first-order valence-corrected chi connectivity index (χ1v) is 10.2. The zero-order chi connectivity index (χ0) is 22.0. The van der Waals surface area contributed by atoms with Gasteiger partial charge in [-0.1, -0.05) is 30.3 Å². The van der Waals surface area contributed by atoms with Crippen molar-refractivity contribution < 1.29 is 9.59 Å². The van der Waals surface area contributed by atoms with Crippen LogP contribution in [0.3, 0.4) is 0 Å². The highest BCUT2D eigenvalue weighted by atomic mass is 16.2. The van der Waals surface area contributed by atoms with Gasteiger partial charge in [-0.05, 0) is 56.2 Å². The highest BCUT2D eigenvalue weighted by Crippen LogP contribution is 2.23. The van der Waals surface area contributed by atoms with Crippen molar-refractivity contribution in [3.05, 3.63) is 83.2 Å². The molecule has 31 heavy (non-hydrogen) atoms. The lowest BCUT2D eigenvalue weighted by Crippen LogP contribution is -2.14. The fourth-order valence-electron chi connectivity index (χ4n) is 3.47. The quantitative estimate of drug-likeness (QED) is 0.455. The van der Waals surface area contributed by atoms with Crippen LogP contribution in [0, 0.1) is 20.8 Å². The van der Waals surface area contributed by atoms with Crippen LogP contribution < -0.4 is 5.32 Å². The fraction of sp³-hybridized carbons (Fsp3) is 0.200. The lowest BCUT2D eigenvalue weighted by atomic mass is 10.0. The average Bonchev–Trinajstić information content (AvgIpc) is 3.10. The molecule has 1 N–H and O–H groups in total. The molecule has 156 valence electrons. The number of aromatic nitrogens is 3. The van der Waals surface area contributed by atoms with Crippen LogP contribution in [0.25, 0.3) is 16.7 Å². The summed E-state index contributed by atoms with van der Waals surface area (Å²) in [6.07, 6.45) is 1.90. The summed E-state index contributed by atoms with van der Waals surface area (Å²) in [5.41, 5.74) is 5.92. The number of fused-ring (bicyclic) bond motifs is 1. The number of anilines is 1. The molecule has 6 heteroatoms. The number of carbonyl (C=O) groups excluding carboxylic acids is 2. The maximum Gasteiger partial charge on any atom is 0.224 e. The molecule has 0 bridgehead atoms. The molecule has 4 rings (SSSR count).